The van der Waals surface area contributed by atoms with E-state index >= 15 is 0 Å². The van der Waals surface area contributed by atoms with Crippen LogP contribution in [0.3, 0.4) is 0 Å². The molecule has 0 bridgehead atoms. The fraction of sp³-hybridized carbons (Fsp3) is 0.286. The average molecular weight is 259 g/mol. The Morgan fingerprint density at radius 1 is 1.37 bits per heavy atom. The number of rotatable bonds is 4. The molecule has 1 aromatic heterocycles. The number of benzene rings is 1. The van der Waals surface area contributed by atoms with Crippen molar-refractivity contribution in [3.63, 3.8) is 0 Å². The Hall–Kier alpha value is -2.30. The lowest BCUT2D eigenvalue weighted by Gasteiger charge is -2.04. The van der Waals surface area contributed by atoms with E-state index in [2.05, 4.69) is 15.5 Å². The van der Waals surface area contributed by atoms with Gasteiger partial charge in [-0.1, -0.05) is 25.1 Å². The second-order valence-corrected chi connectivity index (χ2v) is 3.99. The van der Waals surface area contributed by atoms with Gasteiger partial charge in [0.05, 0.1) is 12.3 Å². The molecule has 0 fully saturated rings. The van der Waals surface area contributed by atoms with E-state index < -0.39 is 6.09 Å². The maximum atomic E-state index is 11.2. The molecule has 1 aromatic carbocycles. The summed E-state index contributed by atoms with van der Waals surface area (Å²) in [5, 5.41) is 5.22. The van der Waals surface area contributed by atoms with Crippen LogP contribution in [0.4, 0.5) is 4.79 Å². The molecule has 5 heteroatoms. The van der Waals surface area contributed by atoms with Crippen LogP contribution in [0.15, 0.2) is 35.6 Å². The quantitative estimate of drug-likeness (QED) is 0.654. The molecule has 5 nitrogen and oxygen atoms in total. The maximum Gasteiger partial charge on any atom is 0.427 e. The molecule has 19 heavy (non-hydrogen) atoms. The van der Waals surface area contributed by atoms with E-state index in [-0.39, 0.29) is 0 Å². The number of hydrogen-bond donors (Lipinski definition) is 2. The molecule has 0 aliphatic rings. The third-order valence-electron chi connectivity index (χ3n) is 2.79. The normalized spacial score (nSPS) is 11.6. The van der Waals surface area contributed by atoms with Crippen molar-refractivity contribution in [1.29, 1.82) is 0 Å². The van der Waals surface area contributed by atoms with Crippen LogP contribution in [0, 0.1) is 0 Å². The van der Waals surface area contributed by atoms with Crippen LogP contribution >= 0.6 is 0 Å². The number of aromatic nitrogens is 1. The van der Waals surface area contributed by atoms with Crippen LogP contribution in [0.1, 0.15) is 25.8 Å². The van der Waals surface area contributed by atoms with Crippen LogP contribution in [-0.2, 0) is 4.74 Å². The largest absolute Gasteiger partial charge is 0.449 e. The van der Waals surface area contributed by atoms with E-state index in [9.17, 15) is 4.79 Å². The Labute approximate surface area is 111 Å². The zero-order chi connectivity index (χ0) is 13.7. The van der Waals surface area contributed by atoms with Crippen LogP contribution < -0.4 is 5.43 Å². The Bertz CT molecular complexity index is 602. The smallest absolute Gasteiger partial charge is 0.427 e. The third kappa shape index (κ3) is 2.93. The number of fused-ring (bicyclic) bond motifs is 1. The van der Waals surface area contributed by atoms with Crippen molar-refractivity contribution in [3.05, 3.63) is 36.0 Å². The second kappa shape index (κ2) is 6.04. The van der Waals surface area contributed by atoms with Crippen molar-refractivity contribution < 1.29 is 9.53 Å². The van der Waals surface area contributed by atoms with Crippen molar-refractivity contribution in [3.8, 4) is 0 Å². The van der Waals surface area contributed by atoms with Gasteiger partial charge in [-0.15, -0.1) is 0 Å². The van der Waals surface area contributed by atoms with E-state index in [1.165, 1.54) is 0 Å². The van der Waals surface area contributed by atoms with E-state index in [0.29, 0.717) is 13.0 Å². The highest BCUT2D eigenvalue weighted by Crippen LogP contribution is 2.19. The molecule has 2 N–H and O–H groups in total. The molecular weight excluding hydrogens is 242 g/mol. The molecule has 2 rings (SSSR count). The highest BCUT2D eigenvalue weighted by Gasteiger charge is 2.09. The minimum absolute atomic E-state index is 0.329. The molecule has 0 spiro atoms. The summed E-state index contributed by atoms with van der Waals surface area (Å²) in [5.74, 6) is 0. The van der Waals surface area contributed by atoms with Gasteiger partial charge in [-0.2, -0.15) is 5.10 Å². The van der Waals surface area contributed by atoms with Gasteiger partial charge in [-0.3, -0.25) is 0 Å². The highest BCUT2D eigenvalue weighted by molar-refractivity contribution is 6.10. The van der Waals surface area contributed by atoms with Crippen molar-refractivity contribution in [1.82, 2.24) is 10.4 Å². The van der Waals surface area contributed by atoms with Crippen molar-refractivity contribution in [2.24, 2.45) is 5.10 Å². The van der Waals surface area contributed by atoms with Crippen LogP contribution in [0.5, 0.6) is 0 Å². The first-order chi connectivity index (χ1) is 9.26. The number of para-hydroxylation sites is 1. The number of carbonyl (C=O) groups is 1. The summed E-state index contributed by atoms with van der Waals surface area (Å²) < 4.78 is 4.78. The lowest BCUT2D eigenvalue weighted by atomic mass is 10.1. The molecule has 2 aromatic rings. The van der Waals surface area contributed by atoms with Gasteiger partial charge in [0.1, 0.15) is 0 Å². The fourth-order valence-corrected chi connectivity index (χ4v) is 1.92. The lowest BCUT2D eigenvalue weighted by Crippen LogP contribution is -2.20. The maximum absolute atomic E-state index is 11.2. The van der Waals surface area contributed by atoms with Gasteiger partial charge in [-0.25, -0.2) is 10.2 Å². The summed E-state index contributed by atoms with van der Waals surface area (Å²) in [5.41, 5.74) is 5.26. The van der Waals surface area contributed by atoms with Crippen LogP contribution in [-0.4, -0.2) is 23.4 Å². The topological polar surface area (TPSA) is 66.5 Å². The van der Waals surface area contributed by atoms with E-state index in [4.69, 9.17) is 4.74 Å². The molecular formula is C14H17N3O2. The van der Waals surface area contributed by atoms with Gasteiger partial charge in [0.25, 0.3) is 0 Å². The Morgan fingerprint density at radius 3 is 2.89 bits per heavy atom. The number of ether oxygens (including phenoxy) is 1. The lowest BCUT2D eigenvalue weighted by molar-refractivity contribution is 0.152. The Balaban J connectivity index is 2.26. The monoisotopic (exact) mass is 259 g/mol. The summed E-state index contributed by atoms with van der Waals surface area (Å²) >= 11 is 0. The Morgan fingerprint density at radius 2 is 2.16 bits per heavy atom. The number of nitrogens with zero attached hydrogens (tertiary/aromatic N) is 1. The zero-order valence-corrected chi connectivity index (χ0v) is 11.1. The fourth-order valence-electron chi connectivity index (χ4n) is 1.92. The number of hydrazone groups is 1. The van der Waals surface area contributed by atoms with Gasteiger partial charge in [-0.05, 0) is 19.4 Å². The SMILES string of the molecule is CCOC(=O)NN=C(CC)c1c[nH]c2ccccc12. The van der Waals surface area contributed by atoms with E-state index in [1.54, 1.807) is 6.92 Å². The number of hydrogen-bond acceptors (Lipinski definition) is 3. The second-order valence-electron chi connectivity index (χ2n) is 3.99. The first-order valence-corrected chi connectivity index (χ1v) is 6.32. The molecule has 0 aliphatic carbocycles. The molecule has 0 aliphatic heterocycles. The van der Waals surface area contributed by atoms with Crippen molar-refractivity contribution in [2.45, 2.75) is 20.3 Å². The van der Waals surface area contributed by atoms with Gasteiger partial charge >= 0.3 is 6.09 Å². The minimum atomic E-state index is -0.534. The number of aromatic amines is 1. The summed E-state index contributed by atoms with van der Waals surface area (Å²) in [6.07, 6.45) is 2.09. The first kappa shape index (κ1) is 13.1. The summed E-state index contributed by atoms with van der Waals surface area (Å²) in [7, 11) is 0. The molecule has 1 amide bonds. The molecule has 0 saturated carbocycles. The standard InChI is InChI=1S/C14H17N3O2/c1-3-12(16-17-14(18)19-4-2)11-9-15-13-8-6-5-7-10(11)13/h5-9,15H,3-4H2,1-2H3,(H,17,18). The van der Waals surface area contributed by atoms with Crippen molar-refractivity contribution >= 4 is 22.7 Å². The molecule has 1 heterocycles. The predicted molar refractivity (Wildman–Crippen MR) is 75.3 cm³/mol. The third-order valence-corrected chi connectivity index (χ3v) is 2.79. The average Bonchev–Trinajstić information content (AvgIpc) is 2.84. The highest BCUT2D eigenvalue weighted by atomic mass is 16.5. The summed E-state index contributed by atoms with van der Waals surface area (Å²) in [4.78, 5) is 14.4. The molecule has 100 valence electrons. The zero-order valence-electron chi connectivity index (χ0n) is 11.1. The van der Waals surface area contributed by atoms with Gasteiger partial charge < -0.3 is 9.72 Å². The Kier molecular flexibility index (Phi) is 4.18. The predicted octanol–water partition coefficient (Wildman–Crippen LogP) is 3.03. The first-order valence-electron chi connectivity index (χ1n) is 6.32. The van der Waals surface area contributed by atoms with E-state index in [0.717, 1.165) is 22.2 Å². The van der Waals surface area contributed by atoms with Crippen LogP contribution in [0.2, 0.25) is 0 Å². The van der Waals surface area contributed by atoms with Gasteiger partial charge in [0.15, 0.2) is 0 Å². The van der Waals surface area contributed by atoms with Gasteiger partial charge in [0, 0.05) is 22.7 Å². The molecule has 0 radical (unpaired) electrons. The summed E-state index contributed by atoms with van der Waals surface area (Å²) in [6, 6.07) is 7.98. The van der Waals surface area contributed by atoms with Crippen LogP contribution in [0.25, 0.3) is 10.9 Å². The molecule has 0 unspecified atom stereocenters. The number of amides is 1. The van der Waals surface area contributed by atoms with Crippen molar-refractivity contribution in [2.75, 3.05) is 6.61 Å². The molecule has 0 saturated heterocycles. The molecule has 0 atom stereocenters. The number of H-pyrrole nitrogens is 1. The van der Waals surface area contributed by atoms with Gasteiger partial charge in [0.2, 0.25) is 0 Å². The summed E-state index contributed by atoms with van der Waals surface area (Å²) in [6.45, 7) is 4.08. The number of carbonyl (C=O) groups excluding carboxylic acids is 1. The van der Waals surface area contributed by atoms with E-state index in [1.807, 2.05) is 37.4 Å². The minimum Gasteiger partial charge on any atom is -0.449 e. The number of nitrogens with one attached hydrogen (secondary N) is 2.